The first-order valence-corrected chi connectivity index (χ1v) is 8.22. The Kier molecular flexibility index (Phi) is 3.77. The fourth-order valence-corrected chi connectivity index (χ4v) is 2.91. The van der Waals surface area contributed by atoms with E-state index in [0.29, 0.717) is 0 Å². The predicted molar refractivity (Wildman–Crippen MR) is 94.4 cm³/mol. The Balaban J connectivity index is 2.15. The molecule has 0 N–H and O–H groups in total. The lowest BCUT2D eigenvalue weighted by molar-refractivity contribution is 0.00578. The highest BCUT2D eigenvalue weighted by Gasteiger charge is 2.53. The van der Waals surface area contributed by atoms with Crippen molar-refractivity contribution in [2.75, 3.05) is 0 Å². The molecule has 0 saturated carbocycles. The van der Waals surface area contributed by atoms with E-state index in [1.165, 1.54) is 0 Å². The van der Waals surface area contributed by atoms with Crippen LogP contribution in [0, 0.1) is 0 Å². The van der Waals surface area contributed by atoms with E-state index in [0.717, 1.165) is 22.1 Å². The maximum atomic E-state index is 6.28. The minimum absolute atomic E-state index is 0.0948. The summed E-state index contributed by atoms with van der Waals surface area (Å²) in [5.74, 6) is 0.831. The van der Waals surface area contributed by atoms with Crippen molar-refractivity contribution in [2.24, 2.45) is 7.05 Å². The number of hydrogen-bond acceptors (Lipinski definition) is 3. The van der Waals surface area contributed by atoms with Gasteiger partial charge in [-0.2, -0.15) is 0 Å². The van der Waals surface area contributed by atoms with Crippen LogP contribution < -0.4 is 10.2 Å². The fraction of sp³-hybridized carbons (Fsp3) is 0.556. The Morgan fingerprint density at radius 2 is 1.65 bits per heavy atom. The lowest BCUT2D eigenvalue weighted by Gasteiger charge is -2.32. The minimum Gasteiger partial charge on any atom is -0.491 e. The Labute approximate surface area is 138 Å². The van der Waals surface area contributed by atoms with E-state index in [9.17, 15) is 0 Å². The highest BCUT2D eigenvalue weighted by Crippen LogP contribution is 2.38. The maximum Gasteiger partial charge on any atom is 0.499 e. The summed E-state index contributed by atoms with van der Waals surface area (Å²) in [6.45, 7) is 12.3. The number of rotatable bonds is 3. The van der Waals surface area contributed by atoms with E-state index in [2.05, 4.69) is 50.6 Å². The van der Waals surface area contributed by atoms with Crippen molar-refractivity contribution in [3.63, 3.8) is 0 Å². The van der Waals surface area contributed by atoms with Gasteiger partial charge in [0.15, 0.2) is 0 Å². The number of fused-ring (bicyclic) bond motifs is 1. The van der Waals surface area contributed by atoms with Crippen LogP contribution in [-0.4, -0.2) is 29.0 Å². The molecule has 124 valence electrons. The first-order valence-electron chi connectivity index (χ1n) is 8.22. The Bertz CT molecular complexity index is 717. The van der Waals surface area contributed by atoms with Gasteiger partial charge in [0.2, 0.25) is 0 Å². The first-order chi connectivity index (χ1) is 10.6. The van der Waals surface area contributed by atoms with Crippen LogP contribution in [0.5, 0.6) is 5.75 Å². The second-order valence-electron chi connectivity index (χ2n) is 7.59. The number of aromatic nitrogens is 1. The number of hydrogen-bond donors (Lipinski definition) is 0. The molecular formula is C18H26BNO3. The molecule has 1 aromatic heterocycles. The molecule has 2 heterocycles. The van der Waals surface area contributed by atoms with Crippen molar-refractivity contribution >= 4 is 23.5 Å². The second-order valence-corrected chi connectivity index (χ2v) is 7.59. The van der Waals surface area contributed by atoms with Gasteiger partial charge in [-0.1, -0.05) is 0 Å². The summed E-state index contributed by atoms with van der Waals surface area (Å²) in [4.78, 5) is 0. The zero-order valence-electron chi connectivity index (χ0n) is 15.1. The number of nitrogens with zero attached hydrogens (tertiary/aromatic N) is 1. The molecular weight excluding hydrogens is 289 g/mol. The van der Waals surface area contributed by atoms with Crippen molar-refractivity contribution in [3.05, 3.63) is 24.4 Å². The maximum absolute atomic E-state index is 6.28. The summed E-state index contributed by atoms with van der Waals surface area (Å²) in [7, 11) is 1.61. The van der Waals surface area contributed by atoms with Gasteiger partial charge in [0.25, 0.3) is 0 Å². The van der Waals surface area contributed by atoms with Gasteiger partial charge < -0.3 is 18.6 Å². The molecule has 2 aromatic rings. The zero-order chi connectivity index (χ0) is 17.0. The Hall–Kier alpha value is -1.46. The van der Waals surface area contributed by atoms with Gasteiger partial charge in [0.1, 0.15) is 5.75 Å². The second kappa shape index (κ2) is 5.28. The van der Waals surface area contributed by atoms with E-state index in [-0.39, 0.29) is 17.3 Å². The van der Waals surface area contributed by atoms with Crippen LogP contribution in [0.25, 0.3) is 10.9 Å². The third kappa shape index (κ3) is 2.66. The van der Waals surface area contributed by atoms with Gasteiger partial charge in [0, 0.05) is 29.6 Å². The van der Waals surface area contributed by atoms with Crippen LogP contribution in [0.2, 0.25) is 0 Å². The standard InChI is InChI=1S/C18H26BNO3/c1-12(2)21-15-9-8-14-13(10-11-20(14)7)16(15)19-22-17(3,4)18(5,6)23-19/h8-12H,1-7H3. The van der Waals surface area contributed by atoms with Crippen LogP contribution >= 0.6 is 0 Å². The molecule has 1 aliphatic heterocycles. The SMILES string of the molecule is CC(C)Oc1ccc2c(ccn2C)c1B1OC(C)(C)C(C)(C)O1. The van der Waals surface area contributed by atoms with E-state index in [4.69, 9.17) is 14.0 Å². The molecule has 23 heavy (non-hydrogen) atoms. The molecule has 0 bridgehead atoms. The molecule has 3 rings (SSSR count). The largest absolute Gasteiger partial charge is 0.499 e. The molecule has 0 amide bonds. The Morgan fingerprint density at radius 3 is 2.22 bits per heavy atom. The molecule has 0 aliphatic carbocycles. The van der Waals surface area contributed by atoms with E-state index >= 15 is 0 Å². The molecule has 0 radical (unpaired) electrons. The predicted octanol–water partition coefficient (Wildman–Crippen LogP) is 3.26. The van der Waals surface area contributed by atoms with Crippen LogP contribution in [0.4, 0.5) is 0 Å². The van der Waals surface area contributed by atoms with Crippen LogP contribution in [0.3, 0.4) is 0 Å². The van der Waals surface area contributed by atoms with Gasteiger partial charge in [-0.05, 0) is 59.7 Å². The monoisotopic (exact) mass is 315 g/mol. The van der Waals surface area contributed by atoms with Gasteiger partial charge in [-0.15, -0.1) is 0 Å². The van der Waals surface area contributed by atoms with Crippen molar-refractivity contribution < 1.29 is 14.0 Å². The molecule has 5 heteroatoms. The number of ether oxygens (including phenoxy) is 1. The number of aryl methyl sites for hydroxylation is 1. The van der Waals surface area contributed by atoms with Crippen molar-refractivity contribution in [1.82, 2.24) is 4.57 Å². The highest BCUT2D eigenvalue weighted by molar-refractivity contribution is 6.66. The minimum atomic E-state index is -0.431. The van der Waals surface area contributed by atoms with Gasteiger partial charge in [-0.25, -0.2) is 0 Å². The van der Waals surface area contributed by atoms with Crippen LogP contribution in [0.15, 0.2) is 24.4 Å². The third-order valence-electron chi connectivity index (χ3n) is 4.92. The summed E-state index contributed by atoms with van der Waals surface area (Å²) in [6, 6.07) is 6.20. The fourth-order valence-electron chi connectivity index (χ4n) is 2.91. The summed E-state index contributed by atoms with van der Waals surface area (Å²) in [5, 5.41) is 1.11. The average molecular weight is 315 g/mol. The van der Waals surface area contributed by atoms with Crippen molar-refractivity contribution in [3.8, 4) is 5.75 Å². The lowest BCUT2D eigenvalue weighted by atomic mass is 9.76. The van der Waals surface area contributed by atoms with Crippen molar-refractivity contribution in [1.29, 1.82) is 0 Å². The molecule has 1 aliphatic rings. The van der Waals surface area contributed by atoms with Gasteiger partial charge in [0.05, 0.1) is 17.3 Å². The normalized spacial score (nSPS) is 19.7. The lowest BCUT2D eigenvalue weighted by Crippen LogP contribution is -2.41. The molecule has 1 fully saturated rings. The summed E-state index contributed by atoms with van der Waals surface area (Å²) < 4.78 is 20.7. The average Bonchev–Trinajstić information content (AvgIpc) is 2.87. The summed E-state index contributed by atoms with van der Waals surface area (Å²) >= 11 is 0. The van der Waals surface area contributed by atoms with E-state index < -0.39 is 7.12 Å². The van der Waals surface area contributed by atoms with E-state index in [1.807, 2.05) is 27.0 Å². The topological polar surface area (TPSA) is 32.6 Å². The zero-order valence-corrected chi connectivity index (χ0v) is 15.1. The molecule has 0 unspecified atom stereocenters. The Morgan fingerprint density at radius 1 is 1.04 bits per heavy atom. The number of benzene rings is 1. The molecule has 1 saturated heterocycles. The molecule has 0 spiro atoms. The van der Waals surface area contributed by atoms with Gasteiger partial charge >= 0.3 is 7.12 Å². The van der Waals surface area contributed by atoms with Crippen LogP contribution in [-0.2, 0) is 16.4 Å². The van der Waals surface area contributed by atoms with Crippen molar-refractivity contribution in [2.45, 2.75) is 58.8 Å². The summed E-state index contributed by atoms with van der Waals surface area (Å²) in [5.41, 5.74) is 1.38. The van der Waals surface area contributed by atoms with Gasteiger partial charge in [-0.3, -0.25) is 0 Å². The quantitative estimate of drug-likeness (QED) is 0.815. The smallest absolute Gasteiger partial charge is 0.491 e. The van der Waals surface area contributed by atoms with Crippen LogP contribution in [0.1, 0.15) is 41.5 Å². The third-order valence-corrected chi connectivity index (χ3v) is 4.92. The molecule has 0 atom stereocenters. The summed E-state index contributed by atoms with van der Waals surface area (Å²) in [6.07, 6.45) is 2.15. The first kappa shape index (κ1) is 16.4. The molecule has 1 aromatic carbocycles. The molecule has 4 nitrogen and oxygen atoms in total. The van der Waals surface area contributed by atoms with E-state index in [1.54, 1.807) is 0 Å². The highest BCUT2D eigenvalue weighted by atomic mass is 16.7.